The van der Waals surface area contributed by atoms with Gasteiger partial charge in [-0.3, -0.25) is 0 Å². The van der Waals surface area contributed by atoms with Crippen molar-refractivity contribution in [1.29, 1.82) is 0 Å². The van der Waals surface area contributed by atoms with E-state index in [0.29, 0.717) is 30.8 Å². The van der Waals surface area contributed by atoms with Crippen LogP contribution in [0.1, 0.15) is 11.7 Å². The summed E-state index contributed by atoms with van der Waals surface area (Å²) in [7, 11) is 0. The van der Waals surface area contributed by atoms with E-state index in [-0.39, 0.29) is 0 Å². The Kier molecular flexibility index (Phi) is 1.34. The van der Waals surface area contributed by atoms with Crippen molar-refractivity contribution in [3.63, 3.8) is 0 Å². The van der Waals surface area contributed by atoms with Crippen molar-refractivity contribution < 1.29 is 9.90 Å². The summed E-state index contributed by atoms with van der Waals surface area (Å²) in [5, 5.41) is 22.5. The molecule has 0 radical (unpaired) electrons. The number of hydrogen-bond donors (Lipinski definition) is 2. The lowest BCUT2D eigenvalue weighted by atomic mass is 10.2. The van der Waals surface area contributed by atoms with Gasteiger partial charge in [-0.25, -0.2) is 4.79 Å². The number of aromatic nitrogens is 4. The minimum atomic E-state index is -0.830. The van der Waals surface area contributed by atoms with E-state index in [1.165, 1.54) is 4.90 Å². The van der Waals surface area contributed by atoms with Gasteiger partial charge in [0, 0.05) is 19.0 Å². The maximum absolute atomic E-state index is 10.6. The standard InChI is InChI=1S/C7H9N5O2/c13-7(14)12-1-3-4(2-12)5(3)6-8-10-11-9-6/h3-5H,1-2H2,(H,13,14)(H,8,9,10,11)/t3-,4+,5?. The molecule has 14 heavy (non-hydrogen) atoms. The average Bonchev–Trinajstić information content (AvgIpc) is 2.66. The van der Waals surface area contributed by atoms with Crippen LogP contribution in [-0.2, 0) is 0 Å². The molecule has 2 N–H and O–H groups in total. The monoisotopic (exact) mass is 195 g/mol. The molecular formula is C7H9N5O2. The van der Waals surface area contributed by atoms with Gasteiger partial charge in [-0.2, -0.15) is 5.21 Å². The number of likely N-dealkylation sites (tertiary alicyclic amines) is 1. The van der Waals surface area contributed by atoms with Crippen LogP contribution in [0, 0.1) is 11.8 Å². The van der Waals surface area contributed by atoms with E-state index < -0.39 is 6.09 Å². The molecule has 0 bridgehead atoms. The zero-order chi connectivity index (χ0) is 9.71. The van der Waals surface area contributed by atoms with Gasteiger partial charge >= 0.3 is 6.09 Å². The van der Waals surface area contributed by atoms with Crippen LogP contribution >= 0.6 is 0 Å². The number of tetrazole rings is 1. The van der Waals surface area contributed by atoms with Gasteiger partial charge in [0.05, 0.1) is 0 Å². The Morgan fingerprint density at radius 1 is 1.50 bits per heavy atom. The van der Waals surface area contributed by atoms with Crippen LogP contribution < -0.4 is 0 Å². The van der Waals surface area contributed by atoms with Crippen molar-refractivity contribution in [2.45, 2.75) is 5.92 Å². The van der Waals surface area contributed by atoms with Gasteiger partial charge in [-0.05, 0) is 11.8 Å². The maximum Gasteiger partial charge on any atom is 0.407 e. The van der Waals surface area contributed by atoms with Crippen LogP contribution in [0.25, 0.3) is 0 Å². The van der Waals surface area contributed by atoms with Gasteiger partial charge in [0.1, 0.15) is 0 Å². The van der Waals surface area contributed by atoms with E-state index in [1.807, 2.05) is 0 Å². The van der Waals surface area contributed by atoms with Crippen LogP contribution in [0.5, 0.6) is 0 Å². The Labute approximate surface area is 79.1 Å². The fourth-order valence-corrected chi connectivity index (χ4v) is 2.38. The summed E-state index contributed by atoms with van der Waals surface area (Å²) in [4.78, 5) is 12.1. The molecule has 1 aromatic heterocycles. The zero-order valence-electron chi connectivity index (χ0n) is 7.29. The Balaban J connectivity index is 1.70. The molecule has 0 aromatic carbocycles. The molecule has 2 aliphatic rings. The van der Waals surface area contributed by atoms with Gasteiger partial charge in [0.25, 0.3) is 0 Å². The zero-order valence-corrected chi connectivity index (χ0v) is 7.29. The van der Waals surface area contributed by atoms with Crippen molar-refractivity contribution in [3.05, 3.63) is 5.82 Å². The smallest absolute Gasteiger partial charge is 0.407 e. The molecule has 1 unspecified atom stereocenters. The van der Waals surface area contributed by atoms with Crippen molar-refractivity contribution in [2.24, 2.45) is 11.8 Å². The fraction of sp³-hybridized carbons (Fsp3) is 0.714. The van der Waals surface area contributed by atoms with E-state index >= 15 is 0 Å². The number of carboxylic acid groups (broad SMARTS) is 1. The number of rotatable bonds is 1. The number of piperidine rings is 1. The van der Waals surface area contributed by atoms with Gasteiger partial charge in [-0.15, -0.1) is 10.2 Å². The van der Waals surface area contributed by atoms with Crippen LogP contribution in [0.3, 0.4) is 0 Å². The third-order valence-corrected chi connectivity index (χ3v) is 3.12. The van der Waals surface area contributed by atoms with Gasteiger partial charge in [0.2, 0.25) is 0 Å². The summed E-state index contributed by atoms with van der Waals surface area (Å²) >= 11 is 0. The molecule has 1 aliphatic heterocycles. The number of carbonyl (C=O) groups is 1. The molecule has 1 aliphatic carbocycles. The second-order valence-corrected chi connectivity index (χ2v) is 3.81. The number of H-pyrrole nitrogens is 1. The van der Waals surface area contributed by atoms with Gasteiger partial charge in [0.15, 0.2) is 5.82 Å². The normalized spacial score (nSPS) is 34.3. The van der Waals surface area contributed by atoms with Gasteiger partial charge < -0.3 is 10.0 Å². The molecule has 1 aromatic rings. The molecule has 3 rings (SSSR count). The highest BCUT2D eigenvalue weighted by Crippen LogP contribution is 2.56. The number of amides is 1. The Morgan fingerprint density at radius 3 is 2.71 bits per heavy atom. The minimum Gasteiger partial charge on any atom is -0.465 e. The van der Waals surface area contributed by atoms with E-state index in [4.69, 9.17) is 5.11 Å². The highest BCUT2D eigenvalue weighted by molar-refractivity contribution is 5.66. The quantitative estimate of drug-likeness (QED) is 0.631. The molecule has 74 valence electrons. The Hall–Kier alpha value is -1.66. The Morgan fingerprint density at radius 2 is 2.21 bits per heavy atom. The van der Waals surface area contributed by atoms with Crippen molar-refractivity contribution in [3.8, 4) is 0 Å². The van der Waals surface area contributed by atoms with Crippen molar-refractivity contribution in [2.75, 3.05) is 13.1 Å². The van der Waals surface area contributed by atoms with Crippen LogP contribution in [0.4, 0.5) is 4.79 Å². The summed E-state index contributed by atoms with van der Waals surface area (Å²) in [5.41, 5.74) is 0. The molecule has 1 saturated carbocycles. The number of nitrogens with one attached hydrogen (secondary N) is 1. The third-order valence-electron chi connectivity index (χ3n) is 3.12. The second kappa shape index (κ2) is 2.43. The summed E-state index contributed by atoms with van der Waals surface area (Å²) in [6.45, 7) is 1.22. The minimum absolute atomic E-state index is 0.323. The highest BCUT2D eigenvalue weighted by atomic mass is 16.4. The molecule has 1 saturated heterocycles. The van der Waals surface area contributed by atoms with Crippen molar-refractivity contribution in [1.82, 2.24) is 25.5 Å². The van der Waals surface area contributed by atoms with Crippen molar-refractivity contribution >= 4 is 6.09 Å². The first-order valence-corrected chi connectivity index (χ1v) is 4.48. The van der Waals surface area contributed by atoms with Gasteiger partial charge in [-0.1, -0.05) is 5.21 Å². The predicted molar refractivity (Wildman–Crippen MR) is 43.5 cm³/mol. The fourth-order valence-electron chi connectivity index (χ4n) is 2.38. The third kappa shape index (κ3) is 0.918. The molecule has 2 fully saturated rings. The van der Waals surface area contributed by atoms with E-state index in [2.05, 4.69) is 20.6 Å². The summed E-state index contributed by atoms with van der Waals surface area (Å²) < 4.78 is 0. The second-order valence-electron chi connectivity index (χ2n) is 3.81. The SMILES string of the molecule is O=C(O)N1C[C@@H]2C(c3nn[nH]n3)[C@@H]2C1. The molecule has 7 heteroatoms. The van der Waals surface area contributed by atoms with E-state index in [1.54, 1.807) is 0 Å². The summed E-state index contributed by atoms with van der Waals surface area (Å²) in [6.07, 6.45) is -0.830. The number of fused-ring (bicyclic) bond motifs is 1. The first-order valence-electron chi connectivity index (χ1n) is 4.48. The highest BCUT2D eigenvalue weighted by Gasteiger charge is 2.59. The lowest BCUT2D eigenvalue weighted by molar-refractivity contribution is 0.150. The molecule has 2 heterocycles. The lowest BCUT2D eigenvalue weighted by Crippen LogP contribution is -2.29. The summed E-state index contributed by atoms with van der Waals surface area (Å²) in [5.74, 6) is 1.86. The molecule has 3 atom stereocenters. The van der Waals surface area contributed by atoms with Crippen LogP contribution in [0.15, 0.2) is 0 Å². The number of aromatic amines is 1. The number of nitrogens with zero attached hydrogens (tertiary/aromatic N) is 4. The number of hydrogen-bond acceptors (Lipinski definition) is 4. The Bertz CT molecular complexity index is 352. The summed E-state index contributed by atoms with van der Waals surface area (Å²) in [6, 6.07) is 0. The van der Waals surface area contributed by atoms with E-state index in [9.17, 15) is 4.79 Å². The molecule has 7 nitrogen and oxygen atoms in total. The first kappa shape index (κ1) is 7.72. The lowest BCUT2D eigenvalue weighted by Gasteiger charge is -2.14. The topological polar surface area (TPSA) is 95.0 Å². The maximum atomic E-state index is 10.6. The molecule has 1 amide bonds. The molecular weight excluding hydrogens is 186 g/mol. The van der Waals surface area contributed by atoms with Crippen LogP contribution in [0.2, 0.25) is 0 Å². The first-order chi connectivity index (χ1) is 6.77. The molecule has 0 spiro atoms. The largest absolute Gasteiger partial charge is 0.465 e. The van der Waals surface area contributed by atoms with Crippen LogP contribution in [-0.4, -0.2) is 49.8 Å². The average molecular weight is 195 g/mol. The predicted octanol–water partition coefficient (Wildman–Crippen LogP) is -0.477. The van der Waals surface area contributed by atoms with E-state index in [0.717, 1.165) is 5.82 Å².